The molecule has 0 aliphatic rings. The lowest BCUT2D eigenvalue weighted by atomic mass is 10.2. The van der Waals surface area contributed by atoms with Gasteiger partial charge in [-0.1, -0.05) is 36.4 Å². The number of nitrogens with one attached hydrogen (secondary N) is 1. The first kappa shape index (κ1) is 20.8. The van der Waals surface area contributed by atoms with E-state index in [1.165, 1.54) is 29.7 Å². The highest BCUT2D eigenvalue weighted by Crippen LogP contribution is 2.31. The van der Waals surface area contributed by atoms with Crippen molar-refractivity contribution in [2.75, 3.05) is 0 Å². The Morgan fingerprint density at radius 1 is 1.03 bits per heavy atom. The van der Waals surface area contributed by atoms with Crippen LogP contribution in [0, 0.1) is 5.82 Å². The summed E-state index contributed by atoms with van der Waals surface area (Å²) in [7, 11) is -3.89. The lowest BCUT2D eigenvalue weighted by Crippen LogP contribution is -2.32. The first-order chi connectivity index (χ1) is 14.9. The van der Waals surface area contributed by atoms with Gasteiger partial charge >= 0.3 is 0 Å². The third-order valence-electron chi connectivity index (χ3n) is 4.14. The second-order valence-electron chi connectivity index (χ2n) is 6.51. The molecule has 31 heavy (non-hydrogen) atoms. The Hall–Kier alpha value is -3.50. The summed E-state index contributed by atoms with van der Waals surface area (Å²) < 4.78 is 40.1. The fraction of sp³-hybridized carbons (Fsp3) is 0.0476. The number of nitrogens with zero attached hydrogens (tertiary/aromatic N) is 3. The maximum atomic E-state index is 13.4. The summed E-state index contributed by atoms with van der Waals surface area (Å²) in [5.41, 5.74) is 1.49. The number of benzene rings is 1. The highest BCUT2D eigenvalue weighted by molar-refractivity contribution is 7.89. The Kier molecular flexibility index (Phi) is 5.83. The Balaban J connectivity index is 1.52. The third-order valence-corrected chi connectivity index (χ3v) is 6.42. The molecule has 1 aromatic carbocycles. The Morgan fingerprint density at radius 2 is 1.84 bits per heavy atom. The molecule has 3 aromatic heterocycles. The zero-order valence-corrected chi connectivity index (χ0v) is 17.5. The monoisotopic (exact) mass is 454 g/mol. The van der Waals surface area contributed by atoms with Gasteiger partial charge in [0.25, 0.3) is 5.91 Å². The van der Waals surface area contributed by atoms with Crippen LogP contribution in [-0.4, -0.2) is 29.3 Å². The Bertz CT molecular complexity index is 1340. The number of carbonyl (C=O) groups excluding carboxylic acids is 1. The number of rotatable bonds is 6. The summed E-state index contributed by atoms with van der Waals surface area (Å²) in [4.78, 5) is 25.5. The van der Waals surface area contributed by atoms with Crippen LogP contribution in [0.5, 0.6) is 0 Å². The standard InChI is InChI=1S/C21H15FN4O3S2/c22-16-9-15(10-23-11-16)21-24-12-19(30-21)17-7-4-8-18(25-17)20(27)26-31(28,29)13-14-5-2-1-3-6-14/h1-12H,13H2,(H,26,27). The molecule has 0 bridgehead atoms. The molecule has 0 aliphatic carbocycles. The average Bonchev–Trinajstić information content (AvgIpc) is 3.24. The van der Waals surface area contributed by atoms with Crippen molar-refractivity contribution in [3.63, 3.8) is 0 Å². The van der Waals surface area contributed by atoms with E-state index >= 15 is 0 Å². The lowest BCUT2D eigenvalue weighted by Gasteiger charge is -2.07. The van der Waals surface area contributed by atoms with Crippen LogP contribution in [0.25, 0.3) is 21.1 Å². The quantitative estimate of drug-likeness (QED) is 0.477. The molecule has 0 saturated carbocycles. The molecule has 7 nitrogen and oxygen atoms in total. The average molecular weight is 455 g/mol. The van der Waals surface area contributed by atoms with Crippen LogP contribution in [0.1, 0.15) is 16.1 Å². The smallest absolute Gasteiger partial charge is 0.266 e. The highest BCUT2D eigenvalue weighted by atomic mass is 32.2. The van der Waals surface area contributed by atoms with Gasteiger partial charge < -0.3 is 0 Å². The van der Waals surface area contributed by atoms with Gasteiger partial charge in [-0.2, -0.15) is 0 Å². The molecule has 0 aliphatic heterocycles. The zero-order chi connectivity index (χ0) is 21.8. The van der Waals surface area contributed by atoms with E-state index in [1.807, 2.05) is 4.72 Å². The van der Waals surface area contributed by atoms with Gasteiger partial charge in [-0.3, -0.25) is 9.78 Å². The van der Waals surface area contributed by atoms with Crippen molar-refractivity contribution >= 4 is 27.3 Å². The van der Waals surface area contributed by atoms with Gasteiger partial charge in [0.1, 0.15) is 16.5 Å². The molecular weight excluding hydrogens is 439 g/mol. The van der Waals surface area contributed by atoms with Gasteiger partial charge in [0.2, 0.25) is 10.0 Å². The SMILES string of the molecule is O=C(NS(=O)(=O)Cc1ccccc1)c1cccc(-c2cnc(-c3cncc(F)c3)s2)n1. The number of sulfonamides is 1. The minimum absolute atomic E-state index is 0.0449. The van der Waals surface area contributed by atoms with Crippen molar-refractivity contribution in [3.05, 3.63) is 90.3 Å². The molecule has 1 N–H and O–H groups in total. The van der Waals surface area contributed by atoms with Crippen LogP contribution in [0.15, 0.2) is 73.2 Å². The molecule has 4 rings (SSSR count). The fourth-order valence-corrected chi connectivity index (χ4v) is 4.73. The molecular formula is C21H15FN4O3S2. The van der Waals surface area contributed by atoms with Gasteiger partial charge in [-0.15, -0.1) is 11.3 Å². The van der Waals surface area contributed by atoms with Crippen molar-refractivity contribution in [1.82, 2.24) is 19.7 Å². The third kappa shape index (κ3) is 5.16. The number of aromatic nitrogens is 3. The van der Waals surface area contributed by atoms with E-state index in [1.54, 1.807) is 48.7 Å². The summed E-state index contributed by atoms with van der Waals surface area (Å²) >= 11 is 1.25. The second-order valence-corrected chi connectivity index (χ2v) is 9.26. The highest BCUT2D eigenvalue weighted by Gasteiger charge is 2.19. The van der Waals surface area contributed by atoms with Crippen LogP contribution >= 0.6 is 11.3 Å². The number of thiazole rings is 1. The van der Waals surface area contributed by atoms with Crippen molar-refractivity contribution < 1.29 is 17.6 Å². The zero-order valence-electron chi connectivity index (χ0n) is 15.9. The van der Waals surface area contributed by atoms with Gasteiger partial charge in [0, 0.05) is 18.0 Å². The number of halogens is 1. The first-order valence-electron chi connectivity index (χ1n) is 9.02. The van der Waals surface area contributed by atoms with Gasteiger partial charge in [-0.05, 0) is 23.8 Å². The van der Waals surface area contributed by atoms with Crippen molar-refractivity contribution in [2.24, 2.45) is 0 Å². The molecule has 0 saturated heterocycles. The largest absolute Gasteiger partial charge is 0.283 e. The number of hydrogen-bond acceptors (Lipinski definition) is 7. The predicted molar refractivity (Wildman–Crippen MR) is 115 cm³/mol. The fourth-order valence-electron chi connectivity index (χ4n) is 2.78. The van der Waals surface area contributed by atoms with Gasteiger partial charge in [-0.25, -0.2) is 27.5 Å². The van der Waals surface area contributed by atoms with Crippen LogP contribution < -0.4 is 4.72 Å². The van der Waals surface area contributed by atoms with E-state index in [2.05, 4.69) is 15.0 Å². The molecule has 0 fully saturated rings. The molecule has 4 aromatic rings. The van der Waals surface area contributed by atoms with Gasteiger partial charge in [0.05, 0.1) is 22.5 Å². The van der Waals surface area contributed by atoms with Crippen LogP contribution in [0.3, 0.4) is 0 Å². The van der Waals surface area contributed by atoms with Crippen molar-refractivity contribution in [3.8, 4) is 21.1 Å². The van der Waals surface area contributed by atoms with Crippen LogP contribution in [0.2, 0.25) is 0 Å². The van der Waals surface area contributed by atoms with Gasteiger partial charge in [0.15, 0.2) is 0 Å². The molecule has 0 spiro atoms. The van der Waals surface area contributed by atoms with E-state index in [9.17, 15) is 17.6 Å². The number of carbonyl (C=O) groups is 1. The van der Waals surface area contributed by atoms with Crippen LogP contribution in [0.4, 0.5) is 4.39 Å². The van der Waals surface area contributed by atoms with E-state index in [-0.39, 0.29) is 11.4 Å². The van der Waals surface area contributed by atoms with E-state index in [0.29, 0.717) is 26.7 Å². The molecule has 0 radical (unpaired) electrons. The van der Waals surface area contributed by atoms with E-state index in [0.717, 1.165) is 6.20 Å². The van der Waals surface area contributed by atoms with Crippen LogP contribution in [-0.2, 0) is 15.8 Å². The van der Waals surface area contributed by atoms with Crippen molar-refractivity contribution in [1.29, 1.82) is 0 Å². The Morgan fingerprint density at radius 3 is 2.61 bits per heavy atom. The Labute approximate surface area is 181 Å². The molecule has 10 heteroatoms. The summed E-state index contributed by atoms with van der Waals surface area (Å²) in [5.74, 6) is -1.61. The maximum Gasteiger partial charge on any atom is 0.283 e. The molecule has 0 atom stereocenters. The summed E-state index contributed by atoms with van der Waals surface area (Å²) in [6.07, 6.45) is 4.16. The number of hydrogen-bond donors (Lipinski definition) is 1. The van der Waals surface area contributed by atoms with Crippen molar-refractivity contribution in [2.45, 2.75) is 5.75 Å². The minimum atomic E-state index is -3.89. The number of amides is 1. The lowest BCUT2D eigenvalue weighted by molar-refractivity contribution is 0.0976. The summed E-state index contributed by atoms with van der Waals surface area (Å²) in [6.45, 7) is 0. The minimum Gasteiger partial charge on any atom is -0.266 e. The molecule has 0 unspecified atom stereocenters. The maximum absolute atomic E-state index is 13.4. The topological polar surface area (TPSA) is 102 Å². The summed E-state index contributed by atoms with van der Waals surface area (Å²) in [6, 6.07) is 14.6. The molecule has 3 heterocycles. The normalized spacial score (nSPS) is 11.3. The molecule has 1 amide bonds. The predicted octanol–water partition coefficient (Wildman–Crippen LogP) is 3.67. The summed E-state index contributed by atoms with van der Waals surface area (Å²) in [5, 5.41) is 0.545. The van der Waals surface area contributed by atoms with E-state index in [4.69, 9.17) is 0 Å². The number of pyridine rings is 2. The first-order valence-corrected chi connectivity index (χ1v) is 11.5. The molecule has 156 valence electrons. The second kappa shape index (κ2) is 8.70. The van der Waals surface area contributed by atoms with E-state index < -0.39 is 21.7 Å².